The molecule has 1 aliphatic carbocycles. The summed E-state index contributed by atoms with van der Waals surface area (Å²) in [5, 5.41) is 14.1. The molecular weight excluding hydrogens is 349 g/mol. The Hall–Kier alpha value is -2.70. The fourth-order valence-electron chi connectivity index (χ4n) is 4.66. The summed E-state index contributed by atoms with van der Waals surface area (Å²) >= 11 is 0. The Kier molecular flexibility index (Phi) is 4.25. The number of aliphatic carboxylic acids is 1. The van der Waals surface area contributed by atoms with Crippen LogP contribution in [0.25, 0.3) is 5.69 Å². The van der Waals surface area contributed by atoms with Crippen LogP contribution in [-0.2, 0) is 11.2 Å². The van der Waals surface area contributed by atoms with Crippen LogP contribution in [0, 0.1) is 17.2 Å². The Morgan fingerprint density at radius 2 is 2.07 bits per heavy atom. The van der Waals surface area contributed by atoms with E-state index in [2.05, 4.69) is 5.10 Å². The molecule has 27 heavy (non-hydrogen) atoms. The molecular formula is C20H22FN3O3. The van der Waals surface area contributed by atoms with Gasteiger partial charge in [0.15, 0.2) is 0 Å². The van der Waals surface area contributed by atoms with Gasteiger partial charge in [-0.15, -0.1) is 0 Å². The van der Waals surface area contributed by atoms with E-state index in [1.54, 1.807) is 21.7 Å². The van der Waals surface area contributed by atoms with Gasteiger partial charge in [0.05, 0.1) is 28.6 Å². The minimum Gasteiger partial charge on any atom is -0.481 e. The van der Waals surface area contributed by atoms with Crippen molar-refractivity contribution in [3.05, 3.63) is 47.5 Å². The lowest BCUT2D eigenvalue weighted by Crippen LogP contribution is -2.37. The van der Waals surface area contributed by atoms with Gasteiger partial charge in [-0.1, -0.05) is 13.3 Å². The lowest BCUT2D eigenvalue weighted by atomic mass is 9.81. The van der Waals surface area contributed by atoms with Gasteiger partial charge in [0.2, 0.25) is 0 Å². The summed E-state index contributed by atoms with van der Waals surface area (Å²) in [6.45, 7) is 2.68. The Balaban J connectivity index is 1.64. The quantitative estimate of drug-likeness (QED) is 0.897. The Morgan fingerprint density at radius 1 is 1.33 bits per heavy atom. The molecule has 0 radical (unpaired) electrons. The summed E-state index contributed by atoms with van der Waals surface area (Å²) < 4.78 is 14.8. The summed E-state index contributed by atoms with van der Waals surface area (Å²) in [6.07, 6.45) is 4.51. The molecule has 1 amide bonds. The highest BCUT2D eigenvalue weighted by atomic mass is 19.1. The van der Waals surface area contributed by atoms with Gasteiger partial charge in [-0.3, -0.25) is 9.59 Å². The maximum atomic E-state index is 13.2. The van der Waals surface area contributed by atoms with E-state index in [1.807, 2.05) is 6.92 Å². The number of rotatable bonds is 4. The second kappa shape index (κ2) is 6.48. The van der Waals surface area contributed by atoms with E-state index in [0.29, 0.717) is 30.6 Å². The van der Waals surface area contributed by atoms with Crippen molar-refractivity contribution in [3.8, 4) is 5.69 Å². The highest BCUT2D eigenvalue weighted by Gasteiger charge is 2.56. The van der Waals surface area contributed by atoms with Crippen LogP contribution in [0.1, 0.15) is 42.2 Å². The van der Waals surface area contributed by atoms with Crippen LogP contribution in [0.15, 0.2) is 30.5 Å². The minimum atomic E-state index is -0.797. The zero-order valence-electron chi connectivity index (χ0n) is 15.2. The lowest BCUT2D eigenvalue weighted by molar-refractivity contribution is -0.149. The third-order valence-electron chi connectivity index (χ3n) is 6.09. The number of carbonyl (C=O) groups excluding carboxylic acids is 1. The molecule has 2 fully saturated rings. The molecule has 2 heterocycles. The van der Waals surface area contributed by atoms with E-state index in [1.165, 1.54) is 18.3 Å². The molecule has 142 valence electrons. The van der Waals surface area contributed by atoms with Crippen molar-refractivity contribution < 1.29 is 19.1 Å². The highest BCUT2D eigenvalue weighted by molar-refractivity contribution is 5.96. The topological polar surface area (TPSA) is 75.4 Å². The monoisotopic (exact) mass is 371 g/mol. The number of hydrogen-bond donors (Lipinski definition) is 1. The molecule has 1 saturated carbocycles. The maximum absolute atomic E-state index is 13.2. The van der Waals surface area contributed by atoms with E-state index in [9.17, 15) is 19.1 Å². The van der Waals surface area contributed by atoms with E-state index in [4.69, 9.17) is 0 Å². The fourth-order valence-corrected chi connectivity index (χ4v) is 4.66. The van der Waals surface area contributed by atoms with Crippen LogP contribution in [0.4, 0.5) is 4.39 Å². The molecule has 1 N–H and O–H groups in total. The van der Waals surface area contributed by atoms with Crippen LogP contribution in [0.5, 0.6) is 0 Å². The zero-order valence-corrected chi connectivity index (χ0v) is 15.2. The van der Waals surface area contributed by atoms with Crippen LogP contribution in [0.3, 0.4) is 0 Å². The van der Waals surface area contributed by atoms with Crippen LogP contribution in [-0.4, -0.2) is 44.8 Å². The average molecular weight is 371 g/mol. The Morgan fingerprint density at radius 3 is 2.70 bits per heavy atom. The first-order valence-corrected chi connectivity index (χ1v) is 9.32. The standard InChI is InChI=1S/C20H22FN3O3/c1-2-17-16(10-22-24(17)15-7-5-14(21)6-8-15)18(25)23-11-13-4-3-9-20(13,12-23)19(26)27/h5-8,10,13H,2-4,9,11-12H2,1H3,(H,26,27)/t13-,20+/m0/s1. The van der Waals surface area contributed by atoms with Gasteiger partial charge in [-0.2, -0.15) is 5.10 Å². The third-order valence-corrected chi connectivity index (χ3v) is 6.09. The van der Waals surface area contributed by atoms with Gasteiger partial charge in [-0.25, -0.2) is 9.07 Å². The number of carbonyl (C=O) groups is 2. The molecule has 1 aromatic heterocycles. The number of carboxylic acids is 1. The van der Waals surface area contributed by atoms with Gasteiger partial charge < -0.3 is 10.0 Å². The second-order valence-corrected chi connectivity index (χ2v) is 7.48. The van der Waals surface area contributed by atoms with Crippen LogP contribution < -0.4 is 0 Å². The zero-order chi connectivity index (χ0) is 19.2. The van der Waals surface area contributed by atoms with Crippen molar-refractivity contribution in [2.24, 2.45) is 11.3 Å². The first-order chi connectivity index (χ1) is 13.0. The number of halogens is 1. The van der Waals surface area contributed by atoms with Crippen LogP contribution >= 0.6 is 0 Å². The van der Waals surface area contributed by atoms with Crippen molar-refractivity contribution in [1.82, 2.24) is 14.7 Å². The van der Waals surface area contributed by atoms with Crippen molar-refractivity contribution in [2.45, 2.75) is 32.6 Å². The smallest absolute Gasteiger partial charge is 0.311 e. The van der Waals surface area contributed by atoms with E-state index in [0.717, 1.165) is 18.5 Å². The van der Waals surface area contributed by atoms with Crippen molar-refractivity contribution >= 4 is 11.9 Å². The average Bonchev–Trinajstić information content (AvgIpc) is 3.33. The molecule has 1 saturated heterocycles. The number of benzene rings is 1. The first kappa shape index (κ1) is 17.7. The summed E-state index contributed by atoms with van der Waals surface area (Å²) in [5.74, 6) is -1.27. The molecule has 1 aromatic carbocycles. The summed E-state index contributed by atoms with van der Waals surface area (Å²) in [5.41, 5.74) is 1.12. The Labute approximate surface area is 156 Å². The maximum Gasteiger partial charge on any atom is 0.311 e. The largest absolute Gasteiger partial charge is 0.481 e. The van der Waals surface area contributed by atoms with Crippen molar-refractivity contribution in [1.29, 1.82) is 0 Å². The predicted molar refractivity (Wildman–Crippen MR) is 96.2 cm³/mol. The van der Waals surface area contributed by atoms with Crippen molar-refractivity contribution in [3.63, 3.8) is 0 Å². The number of likely N-dealkylation sites (tertiary alicyclic amines) is 1. The SMILES string of the molecule is CCc1c(C(=O)N2C[C@@H]3CCC[C@@]3(C(=O)O)C2)cnn1-c1ccc(F)cc1. The lowest BCUT2D eigenvalue weighted by Gasteiger charge is -2.23. The first-order valence-electron chi connectivity index (χ1n) is 9.32. The number of nitrogens with zero attached hydrogens (tertiary/aromatic N) is 3. The molecule has 2 aromatic rings. The molecule has 4 rings (SSSR count). The van der Waals surface area contributed by atoms with E-state index in [-0.39, 0.29) is 24.2 Å². The van der Waals surface area contributed by atoms with Gasteiger partial charge in [0.25, 0.3) is 5.91 Å². The van der Waals surface area contributed by atoms with E-state index >= 15 is 0 Å². The number of hydrogen-bond acceptors (Lipinski definition) is 3. The number of amides is 1. The molecule has 2 aliphatic rings. The summed E-state index contributed by atoms with van der Waals surface area (Å²) in [4.78, 5) is 26.7. The van der Waals surface area contributed by atoms with Crippen molar-refractivity contribution in [2.75, 3.05) is 13.1 Å². The summed E-state index contributed by atoms with van der Waals surface area (Å²) in [6, 6.07) is 5.96. The van der Waals surface area contributed by atoms with Crippen LogP contribution in [0.2, 0.25) is 0 Å². The fraction of sp³-hybridized carbons (Fsp3) is 0.450. The third kappa shape index (κ3) is 2.72. The summed E-state index contributed by atoms with van der Waals surface area (Å²) in [7, 11) is 0. The number of aromatic nitrogens is 2. The van der Waals surface area contributed by atoms with Gasteiger partial charge in [0, 0.05) is 13.1 Å². The number of fused-ring (bicyclic) bond motifs is 1. The predicted octanol–water partition coefficient (Wildman–Crippen LogP) is 2.90. The molecule has 0 unspecified atom stereocenters. The second-order valence-electron chi connectivity index (χ2n) is 7.48. The Bertz CT molecular complexity index is 892. The van der Waals surface area contributed by atoms with Gasteiger partial charge in [-0.05, 0) is 49.4 Å². The highest BCUT2D eigenvalue weighted by Crippen LogP contribution is 2.49. The molecule has 6 nitrogen and oxygen atoms in total. The number of carboxylic acid groups (broad SMARTS) is 1. The van der Waals surface area contributed by atoms with E-state index < -0.39 is 11.4 Å². The molecule has 1 aliphatic heterocycles. The van der Waals surface area contributed by atoms with Gasteiger partial charge in [0.1, 0.15) is 5.82 Å². The normalized spacial score (nSPS) is 24.2. The molecule has 7 heteroatoms. The molecule has 0 bridgehead atoms. The van der Waals surface area contributed by atoms with Gasteiger partial charge >= 0.3 is 5.97 Å². The molecule has 2 atom stereocenters. The molecule has 0 spiro atoms. The minimum absolute atomic E-state index is 0.0242.